The van der Waals surface area contributed by atoms with E-state index in [1.807, 2.05) is 32.0 Å². The lowest BCUT2D eigenvalue weighted by Crippen LogP contribution is -2.27. The van der Waals surface area contributed by atoms with Gasteiger partial charge in [0, 0.05) is 0 Å². The molecule has 0 spiro atoms. The molecule has 130 valence electrons. The van der Waals surface area contributed by atoms with Crippen LogP contribution in [0.5, 0.6) is 5.75 Å². The van der Waals surface area contributed by atoms with Gasteiger partial charge in [0.05, 0.1) is 12.3 Å². The Kier molecular flexibility index (Phi) is 6.66. The Balaban J connectivity index is 1.77. The number of carbonyl (C=O) groups is 1. The van der Waals surface area contributed by atoms with E-state index in [1.165, 1.54) is 12.1 Å². The topological polar surface area (TPSA) is 51.5 Å². The second-order valence-corrected chi connectivity index (χ2v) is 6.14. The Morgan fingerprint density at radius 2 is 1.96 bits per heavy atom. The van der Waals surface area contributed by atoms with E-state index in [0.29, 0.717) is 30.7 Å². The molecule has 0 aliphatic heterocycles. The van der Waals surface area contributed by atoms with E-state index in [4.69, 9.17) is 9.15 Å². The van der Waals surface area contributed by atoms with Crippen molar-refractivity contribution in [2.75, 3.05) is 13.2 Å². The molecule has 0 bridgehead atoms. The summed E-state index contributed by atoms with van der Waals surface area (Å²) in [6.45, 7) is 4.56. The lowest BCUT2D eigenvalue weighted by atomic mass is 10.1. The van der Waals surface area contributed by atoms with Crippen LogP contribution in [0.4, 0.5) is 8.78 Å². The van der Waals surface area contributed by atoms with Gasteiger partial charge in [-0.3, -0.25) is 4.79 Å². The van der Waals surface area contributed by atoms with Crippen LogP contribution in [0.3, 0.4) is 0 Å². The third kappa shape index (κ3) is 5.26. The molecule has 1 aromatic carbocycles. The van der Waals surface area contributed by atoms with Crippen LogP contribution in [0.1, 0.15) is 27.4 Å². The molecule has 1 amide bonds. The molecule has 0 radical (unpaired) electrons. The highest BCUT2D eigenvalue weighted by atomic mass is 32.2. The first-order valence-corrected chi connectivity index (χ1v) is 8.48. The molecule has 1 N–H and O–H groups in total. The highest BCUT2D eigenvalue weighted by Crippen LogP contribution is 2.22. The van der Waals surface area contributed by atoms with Gasteiger partial charge in [-0.15, -0.1) is 0 Å². The zero-order chi connectivity index (χ0) is 17.5. The molecule has 0 fully saturated rings. The number of halogens is 2. The van der Waals surface area contributed by atoms with Crippen molar-refractivity contribution in [3.8, 4) is 5.75 Å². The maximum absolute atomic E-state index is 12.1. The molecule has 0 unspecified atom stereocenters. The number of hydrogen-bond donors (Lipinski definition) is 1. The molecule has 2 aromatic rings. The van der Waals surface area contributed by atoms with E-state index in [0.717, 1.165) is 16.9 Å². The number of rotatable bonds is 8. The molecule has 0 saturated heterocycles. The fraction of sp³-hybridized carbons (Fsp3) is 0.353. The van der Waals surface area contributed by atoms with Crippen molar-refractivity contribution in [3.63, 3.8) is 0 Å². The lowest BCUT2D eigenvalue weighted by molar-refractivity contribution is 0.0918. The number of nitrogens with one attached hydrogen (secondary N) is 1. The zero-order valence-electron chi connectivity index (χ0n) is 13.5. The molecule has 2 rings (SSSR count). The third-order valence-electron chi connectivity index (χ3n) is 3.28. The minimum absolute atomic E-state index is 0.0284. The van der Waals surface area contributed by atoms with Crippen LogP contribution in [-0.2, 0) is 5.75 Å². The Bertz CT molecular complexity index is 668. The second kappa shape index (κ2) is 8.73. The molecule has 1 aromatic heterocycles. The van der Waals surface area contributed by atoms with Crippen molar-refractivity contribution < 1.29 is 22.7 Å². The summed E-state index contributed by atoms with van der Waals surface area (Å²) in [5.41, 5.74) is 2.07. The first-order valence-electron chi connectivity index (χ1n) is 7.43. The molecule has 0 aliphatic rings. The fourth-order valence-electron chi connectivity index (χ4n) is 2.15. The van der Waals surface area contributed by atoms with Gasteiger partial charge in [0.2, 0.25) is 0 Å². The minimum atomic E-state index is -2.46. The Hall–Kier alpha value is -2.02. The summed E-state index contributed by atoms with van der Waals surface area (Å²) in [7, 11) is 0. The van der Waals surface area contributed by atoms with E-state index in [1.54, 1.807) is 0 Å². The second-order valence-electron chi connectivity index (χ2n) is 5.16. The van der Waals surface area contributed by atoms with E-state index in [-0.39, 0.29) is 11.5 Å². The molecule has 1 heterocycles. The quantitative estimate of drug-likeness (QED) is 0.723. The van der Waals surface area contributed by atoms with Gasteiger partial charge in [-0.2, -0.15) is 8.78 Å². The molecule has 0 atom stereocenters. The summed E-state index contributed by atoms with van der Waals surface area (Å²) < 4.78 is 35.2. The smallest absolute Gasteiger partial charge is 0.287 e. The molecule has 24 heavy (non-hydrogen) atoms. The predicted octanol–water partition coefficient (Wildman–Crippen LogP) is 4.16. The number of para-hydroxylation sites is 1. The lowest BCUT2D eigenvalue weighted by Gasteiger charge is -2.12. The van der Waals surface area contributed by atoms with Crippen LogP contribution in [0.15, 0.2) is 34.7 Å². The normalized spacial score (nSPS) is 10.9. The van der Waals surface area contributed by atoms with Gasteiger partial charge in [0.25, 0.3) is 11.7 Å². The Labute approximate surface area is 143 Å². The number of hydrogen-bond acceptors (Lipinski definition) is 4. The van der Waals surface area contributed by atoms with Crippen LogP contribution in [0, 0.1) is 13.8 Å². The molecule has 0 aliphatic carbocycles. The van der Waals surface area contributed by atoms with Gasteiger partial charge >= 0.3 is 0 Å². The number of benzene rings is 1. The number of thioether (sulfide) groups is 1. The molecule has 7 heteroatoms. The Morgan fingerprint density at radius 1 is 1.25 bits per heavy atom. The van der Waals surface area contributed by atoms with Gasteiger partial charge in [-0.1, -0.05) is 30.0 Å². The summed E-state index contributed by atoms with van der Waals surface area (Å²) in [5, 5.41) is 2.67. The summed E-state index contributed by atoms with van der Waals surface area (Å²) in [5.74, 6) is -1.57. The van der Waals surface area contributed by atoms with Crippen molar-refractivity contribution >= 4 is 17.7 Å². The van der Waals surface area contributed by atoms with Crippen LogP contribution >= 0.6 is 11.8 Å². The maximum atomic E-state index is 12.1. The number of amides is 1. The van der Waals surface area contributed by atoms with Crippen molar-refractivity contribution in [3.05, 3.63) is 53.0 Å². The van der Waals surface area contributed by atoms with Gasteiger partial charge in [-0.25, -0.2) is 0 Å². The van der Waals surface area contributed by atoms with E-state index < -0.39 is 11.7 Å². The van der Waals surface area contributed by atoms with Gasteiger partial charge in [0.15, 0.2) is 5.76 Å². The molecule has 0 saturated carbocycles. The third-order valence-corrected chi connectivity index (χ3v) is 3.98. The zero-order valence-corrected chi connectivity index (χ0v) is 14.3. The van der Waals surface area contributed by atoms with Crippen LogP contribution in [-0.4, -0.2) is 24.8 Å². The summed E-state index contributed by atoms with van der Waals surface area (Å²) >= 11 is 0.452. The SMILES string of the molecule is Cc1cccc(C)c1OCCNC(=O)c1ccc(CSC(F)F)o1. The Morgan fingerprint density at radius 3 is 2.62 bits per heavy atom. The summed E-state index contributed by atoms with van der Waals surface area (Å²) in [6, 6.07) is 8.88. The van der Waals surface area contributed by atoms with Crippen molar-refractivity contribution in [1.29, 1.82) is 0 Å². The predicted molar refractivity (Wildman–Crippen MR) is 89.8 cm³/mol. The summed E-state index contributed by atoms with van der Waals surface area (Å²) in [6.07, 6.45) is 0. The van der Waals surface area contributed by atoms with E-state index >= 15 is 0 Å². The molecular formula is C17H19F2NO3S. The summed E-state index contributed by atoms with van der Waals surface area (Å²) in [4.78, 5) is 11.9. The maximum Gasteiger partial charge on any atom is 0.287 e. The van der Waals surface area contributed by atoms with Crippen LogP contribution in [0.25, 0.3) is 0 Å². The van der Waals surface area contributed by atoms with Crippen LogP contribution < -0.4 is 10.1 Å². The molecule has 4 nitrogen and oxygen atoms in total. The van der Waals surface area contributed by atoms with Gasteiger partial charge in [-0.05, 0) is 37.1 Å². The number of alkyl halides is 2. The van der Waals surface area contributed by atoms with Crippen molar-refractivity contribution in [2.45, 2.75) is 25.4 Å². The number of furan rings is 1. The van der Waals surface area contributed by atoms with Gasteiger partial charge in [0.1, 0.15) is 18.1 Å². The number of aryl methyl sites for hydroxylation is 2. The standard InChI is InChI=1S/C17H19F2NO3S/c1-11-4-3-5-12(2)15(11)22-9-8-20-16(21)14-7-6-13(23-14)10-24-17(18)19/h3-7,17H,8-10H2,1-2H3,(H,20,21). The monoisotopic (exact) mass is 355 g/mol. The number of ether oxygens (including phenoxy) is 1. The van der Waals surface area contributed by atoms with E-state index in [2.05, 4.69) is 5.32 Å². The highest BCUT2D eigenvalue weighted by Gasteiger charge is 2.12. The fourth-order valence-corrected chi connectivity index (χ4v) is 2.60. The molecular weight excluding hydrogens is 336 g/mol. The average molecular weight is 355 g/mol. The van der Waals surface area contributed by atoms with Crippen LogP contribution in [0.2, 0.25) is 0 Å². The first kappa shape index (κ1) is 18.3. The number of carbonyl (C=O) groups excluding carboxylic acids is 1. The largest absolute Gasteiger partial charge is 0.491 e. The average Bonchev–Trinajstić information content (AvgIpc) is 3.00. The first-order chi connectivity index (χ1) is 11.5. The van der Waals surface area contributed by atoms with E-state index in [9.17, 15) is 13.6 Å². The van der Waals surface area contributed by atoms with Crippen molar-refractivity contribution in [1.82, 2.24) is 5.32 Å². The minimum Gasteiger partial charge on any atom is -0.491 e. The van der Waals surface area contributed by atoms with Crippen molar-refractivity contribution in [2.24, 2.45) is 0 Å². The van der Waals surface area contributed by atoms with Gasteiger partial charge < -0.3 is 14.5 Å². The highest BCUT2D eigenvalue weighted by molar-refractivity contribution is 7.98.